The van der Waals surface area contributed by atoms with Gasteiger partial charge in [-0.2, -0.15) is 13.2 Å². The van der Waals surface area contributed by atoms with E-state index in [1.54, 1.807) is 17.0 Å². The van der Waals surface area contributed by atoms with Crippen LogP contribution in [0.25, 0.3) is 10.9 Å². The molecule has 192 valence electrons. The van der Waals surface area contributed by atoms with Crippen molar-refractivity contribution in [3.05, 3.63) is 106 Å². The molecule has 0 spiro atoms. The predicted octanol–water partition coefficient (Wildman–Crippen LogP) is 8.25. The number of halogens is 4. The van der Waals surface area contributed by atoms with Crippen LogP contribution in [0.3, 0.4) is 0 Å². The van der Waals surface area contributed by atoms with Crippen molar-refractivity contribution in [2.45, 2.75) is 51.2 Å². The minimum Gasteiger partial charge on any atom is -0.319 e. The molecule has 37 heavy (non-hydrogen) atoms. The predicted molar refractivity (Wildman–Crippen MR) is 141 cm³/mol. The van der Waals surface area contributed by atoms with Crippen molar-refractivity contribution >= 4 is 28.5 Å². The highest BCUT2D eigenvalue weighted by molar-refractivity contribution is 6.32. The van der Waals surface area contributed by atoms with Crippen molar-refractivity contribution in [3.63, 3.8) is 0 Å². The number of carbonyl (C=O) groups is 1. The Labute approximate surface area is 219 Å². The number of amides is 1. The molecule has 5 rings (SSSR count). The number of fused-ring (bicyclic) bond motifs is 2. The van der Waals surface area contributed by atoms with E-state index >= 15 is 0 Å². The normalized spacial score (nSPS) is 14.6. The summed E-state index contributed by atoms with van der Waals surface area (Å²) in [5, 5.41) is 1.14. The summed E-state index contributed by atoms with van der Waals surface area (Å²) in [6.07, 6.45) is -2.07. The van der Waals surface area contributed by atoms with Crippen LogP contribution < -0.4 is 0 Å². The van der Waals surface area contributed by atoms with E-state index in [2.05, 4.69) is 26.0 Å². The Morgan fingerprint density at radius 2 is 1.78 bits per heavy atom. The van der Waals surface area contributed by atoms with E-state index in [4.69, 9.17) is 11.6 Å². The molecule has 4 aromatic rings. The van der Waals surface area contributed by atoms with Crippen molar-refractivity contribution in [2.24, 2.45) is 0 Å². The first kappa shape index (κ1) is 25.4. The fourth-order valence-electron chi connectivity index (χ4n) is 5.28. The Hall–Kier alpha value is -3.25. The molecule has 1 amide bonds. The SMILES string of the molecule is CC1(C)CCc2cc(CN(CCc3cccc(C(F)(F)F)c3)C(=O)n3c(Cl)cc4ccccc43)ccc21. The van der Waals surface area contributed by atoms with Crippen LogP contribution in [0.5, 0.6) is 0 Å². The first-order valence-electron chi connectivity index (χ1n) is 12.4. The van der Waals surface area contributed by atoms with E-state index in [-0.39, 0.29) is 24.4 Å². The molecule has 0 unspecified atom stereocenters. The van der Waals surface area contributed by atoms with Crippen molar-refractivity contribution in [1.82, 2.24) is 9.47 Å². The maximum atomic E-state index is 13.9. The number of benzene rings is 3. The molecule has 1 aromatic heterocycles. The minimum atomic E-state index is -4.42. The zero-order valence-corrected chi connectivity index (χ0v) is 21.5. The van der Waals surface area contributed by atoms with Gasteiger partial charge in [0.1, 0.15) is 5.15 Å². The lowest BCUT2D eigenvalue weighted by Crippen LogP contribution is -2.36. The standard InChI is InChI=1S/C30H28ClF3N2O/c1-29(2)14-12-22-16-21(10-11-25(22)29)19-35(15-13-20-6-5-8-24(17-20)30(32,33)34)28(37)36-26-9-4-3-7-23(26)18-27(36)31/h3-11,16-18H,12-15,19H2,1-2H3. The number of alkyl halides is 3. The molecule has 0 saturated heterocycles. The second-order valence-corrected chi connectivity index (χ2v) is 10.8. The molecule has 0 radical (unpaired) electrons. The first-order chi connectivity index (χ1) is 17.5. The van der Waals surface area contributed by atoms with Crippen molar-refractivity contribution in [1.29, 1.82) is 0 Å². The number of aromatic nitrogens is 1. The third kappa shape index (κ3) is 5.12. The summed E-state index contributed by atoms with van der Waals surface area (Å²) in [6, 6.07) is 20.5. The summed E-state index contributed by atoms with van der Waals surface area (Å²) < 4.78 is 41.2. The zero-order valence-electron chi connectivity index (χ0n) is 20.8. The third-order valence-electron chi connectivity index (χ3n) is 7.34. The van der Waals surface area contributed by atoms with E-state index < -0.39 is 11.7 Å². The molecular formula is C30H28ClF3N2O. The number of para-hydroxylation sites is 1. The summed E-state index contributed by atoms with van der Waals surface area (Å²) in [4.78, 5) is 15.5. The quantitative estimate of drug-likeness (QED) is 0.258. The molecular weight excluding hydrogens is 497 g/mol. The summed E-state index contributed by atoms with van der Waals surface area (Å²) >= 11 is 6.50. The number of hydrogen-bond acceptors (Lipinski definition) is 1. The number of nitrogens with zero attached hydrogens (tertiary/aromatic N) is 2. The maximum absolute atomic E-state index is 13.9. The van der Waals surface area contributed by atoms with E-state index in [9.17, 15) is 18.0 Å². The molecule has 0 aliphatic heterocycles. The van der Waals surface area contributed by atoms with Crippen molar-refractivity contribution in [3.8, 4) is 0 Å². The van der Waals surface area contributed by atoms with Gasteiger partial charge in [0.25, 0.3) is 0 Å². The average Bonchev–Trinajstić information content (AvgIpc) is 3.35. The molecule has 0 N–H and O–H groups in total. The van der Waals surface area contributed by atoms with E-state index in [0.29, 0.717) is 22.8 Å². The van der Waals surface area contributed by atoms with Gasteiger partial charge in [0.05, 0.1) is 11.1 Å². The van der Waals surface area contributed by atoms with Crippen LogP contribution >= 0.6 is 11.6 Å². The molecule has 1 heterocycles. The molecule has 0 bridgehead atoms. The lowest BCUT2D eigenvalue weighted by molar-refractivity contribution is -0.137. The van der Waals surface area contributed by atoms with Crippen LogP contribution in [0, 0.1) is 0 Å². The highest BCUT2D eigenvalue weighted by atomic mass is 35.5. The van der Waals surface area contributed by atoms with Gasteiger partial charge in [-0.3, -0.25) is 4.57 Å². The molecule has 3 nitrogen and oxygen atoms in total. The van der Waals surface area contributed by atoms with Gasteiger partial charge in [0, 0.05) is 18.5 Å². The fourth-order valence-corrected chi connectivity index (χ4v) is 5.56. The Kier molecular flexibility index (Phi) is 6.57. The van der Waals surface area contributed by atoms with Crippen LogP contribution in [-0.2, 0) is 31.0 Å². The molecule has 3 aromatic carbocycles. The van der Waals surface area contributed by atoms with Gasteiger partial charge >= 0.3 is 12.2 Å². The van der Waals surface area contributed by atoms with Crippen molar-refractivity contribution < 1.29 is 18.0 Å². The summed E-state index contributed by atoms with van der Waals surface area (Å²) in [5.74, 6) is 0. The smallest absolute Gasteiger partial charge is 0.319 e. The third-order valence-corrected chi connectivity index (χ3v) is 7.62. The second kappa shape index (κ2) is 9.56. The Balaban J connectivity index is 1.46. The van der Waals surface area contributed by atoms with Crippen molar-refractivity contribution in [2.75, 3.05) is 6.54 Å². The van der Waals surface area contributed by atoms with E-state index in [1.165, 1.54) is 21.8 Å². The molecule has 0 fully saturated rings. The Morgan fingerprint density at radius 1 is 1.00 bits per heavy atom. The van der Waals surface area contributed by atoms with Crippen LogP contribution in [0.15, 0.2) is 72.8 Å². The monoisotopic (exact) mass is 524 g/mol. The summed E-state index contributed by atoms with van der Waals surface area (Å²) in [6.45, 7) is 5.05. The van der Waals surface area contributed by atoms with Gasteiger partial charge in [-0.05, 0) is 65.1 Å². The van der Waals surface area contributed by atoms with Gasteiger partial charge in [-0.25, -0.2) is 4.79 Å². The van der Waals surface area contributed by atoms with Gasteiger partial charge in [-0.15, -0.1) is 0 Å². The highest BCUT2D eigenvalue weighted by Gasteiger charge is 2.31. The molecule has 7 heteroatoms. The summed E-state index contributed by atoms with van der Waals surface area (Å²) in [5.41, 5.74) is 4.26. The molecule has 1 aliphatic carbocycles. The van der Waals surface area contributed by atoms with Gasteiger partial charge in [0.15, 0.2) is 0 Å². The Bertz CT molecular complexity index is 1470. The lowest BCUT2D eigenvalue weighted by Gasteiger charge is -2.25. The van der Waals surface area contributed by atoms with Gasteiger partial charge in [-0.1, -0.05) is 80.0 Å². The topological polar surface area (TPSA) is 25.2 Å². The number of aryl methyl sites for hydroxylation is 1. The van der Waals surface area contributed by atoms with Crippen LogP contribution in [0.1, 0.15) is 48.1 Å². The number of rotatable bonds is 5. The second-order valence-electron chi connectivity index (χ2n) is 10.4. The maximum Gasteiger partial charge on any atom is 0.416 e. The fraction of sp³-hybridized carbons (Fsp3) is 0.300. The average molecular weight is 525 g/mol. The first-order valence-corrected chi connectivity index (χ1v) is 12.7. The van der Waals surface area contributed by atoms with Crippen LogP contribution in [-0.4, -0.2) is 22.0 Å². The number of hydrogen-bond donors (Lipinski definition) is 0. The van der Waals surface area contributed by atoms with Crippen LogP contribution in [0.4, 0.5) is 18.0 Å². The summed E-state index contributed by atoms with van der Waals surface area (Å²) in [7, 11) is 0. The van der Waals surface area contributed by atoms with Gasteiger partial charge < -0.3 is 4.90 Å². The highest BCUT2D eigenvalue weighted by Crippen LogP contribution is 2.38. The minimum absolute atomic E-state index is 0.129. The molecule has 0 saturated carbocycles. The largest absolute Gasteiger partial charge is 0.416 e. The Morgan fingerprint density at radius 3 is 2.57 bits per heavy atom. The van der Waals surface area contributed by atoms with Gasteiger partial charge in [0.2, 0.25) is 0 Å². The molecule has 1 aliphatic rings. The lowest BCUT2D eigenvalue weighted by atomic mass is 9.86. The molecule has 0 atom stereocenters. The zero-order chi connectivity index (χ0) is 26.4. The van der Waals surface area contributed by atoms with E-state index in [1.807, 2.05) is 30.3 Å². The van der Waals surface area contributed by atoms with Crippen LogP contribution in [0.2, 0.25) is 5.15 Å². The van der Waals surface area contributed by atoms with E-state index in [0.717, 1.165) is 35.9 Å². The number of carbonyl (C=O) groups excluding carboxylic acids is 1.